The van der Waals surface area contributed by atoms with Gasteiger partial charge in [-0.25, -0.2) is 0 Å². The van der Waals surface area contributed by atoms with Gasteiger partial charge in [-0.05, 0) is 18.6 Å². The molecule has 2 heterocycles. The van der Waals surface area contributed by atoms with Crippen LogP contribution in [0.3, 0.4) is 0 Å². The van der Waals surface area contributed by atoms with E-state index in [0.29, 0.717) is 6.54 Å². The van der Waals surface area contributed by atoms with Gasteiger partial charge in [0.2, 0.25) is 5.91 Å². The summed E-state index contributed by atoms with van der Waals surface area (Å²) in [5, 5.41) is 2.73. The zero-order chi connectivity index (χ0) is 10.7. The number of pyridine rings is 1. The molecular formula is C10H10BrN3O. The standard InChI is InChI=1S/C10H10BrN3O/c11-7-1-3-12-8(5-7)6-14-9-2-4-13-10(9)15/h1,3,5-6,9H,2,4H2,(H,13,15). The molecule has 1 amide bonds. The molecular weight excluding hydrogens is 258 g/mol. The van der Waals surface area contributed by atoms with Crippen LogP contribution < -0.4 is 5.32 Å². The lowest BCUT2D eigenvalue weighted by Crippen LogP contribution is -2.21. The van der Waals surface area contributed by atoms with E-state index < -0.39 is 0 Å². The van der Waals surface area contributed by atoms with Gasteiger partial charge in [0.05, 0.1) is 5.69 Å². The molecule has 1 unspecified atom stereocenters. The Kier molecular flexibility index (Phi) is 3.11. The minimum atomic E-state index is -0.245. The van der Waals surface area contributed by atoms with Crippen molar-refractivity contribution in [3.8, 4) is 0 Å². The van der Waals surface area contributed by atoms with Crippen LogP contribution >= 0.6 is 15.9 Å². The summed E-state index contributed by atoms with van der Waals surface area (Å²) in [6.45, 7) is 0.715. The number of amides is 1. The van der Waals surface area contributed by atoms with Gasteiger partial charge < -0.3 is 5.32 Å². The van der Waals surface area contributed by atoms with Gasteiger partial charge in [-0.3, -0.25) is 14.8 Å². The summed E-state index contributed by atoms with van der Waals surface area (Å²) in [6, 6.07) is 3.46. The lowest BCUT2D eigenvalue weighted by molar-refractivity contribution is -0.120. The molecule has 78 valence electrons. The van der Waals surface area contributed by atoms with Crippen LogP contribution in [-0.4, -0.2) is 29.7 Å². The molecule has 1 aromatic heterocycles. The predicted molar refractivity (Wildman–Crippen MR) is 60.9 cm³/mol. The molecule has 4 nitrogen and oxygen atoms in total. The summed E-state index contributed by atoms with van der Waals surface area (Å²) in [7, 11) is 0. The first kappa shape index (κ1) is 10.3. The minimum Gasteiger partial charge on any atom is -0.354 e. The van der Waals surface area contributed by atoms with E-state index in [1.54, 1.807) is 12.4 Å². The Hall–Kier alpha value is -1.23. The lowest BCUT2D eigenvalue weighted by Gasteiger charge is -1.98. The van der Waals surface area contributed by atoms with Crippen LogP contribution in [0.25, 0.3) is 0 Å². The summed E-state index contributed by atoms with van der Waals surface area (Å²) in [6.07, 6.45) is 4.10. The first-order valence-electron chi connectivity index (χ1n) is 4.68. The summed E-state index contributed by atoms with van der Waals surface area (Å²) < 4.78 is 0.954. The van der Waals surface area contributed by atoms with Gasteiger partial charge >= 0.3 is 0 Å². The van der Waals surface area contributed by atoms with Crippen LogP contribution in [0.15, 0.2) is 27.8 Å². The van der Waals surface area contributed by atoms with E-state index in [2.05, 4.69) is 31.2 Å². The maximum atomic E-state index is 11.2. The second-order valence-corrected chi connectivity index (χ2v) is 4.19. The maximum absolute atomic E-state index is 11.2. The van der Waals surface area contributed by atoms with Crippen molar-refractivity contribution in [2.75, 3.05) is 6.54 Å². The van der Waals surface area contributed by atoms with Crippen molar-refractivity contribution in [1.29, 1.82) is 0 Å². The Morgan fingerprint density at radius 1 is 1.67 bits per heavy atom. The molecule has 1 saturated heterocycles. The summed E-state index contributed by atoms with van der Waals surface area (Å²) in [5.41, 5.74) is 0.754. The summed E-state index contributed by atoms with van der Waals surface area (Å²) in [4.78, 5) is 19.5. The minimum absolute atomic E-state index is 0.00115. The molecule has 1 aromatic rings. The number of nitrogens with one attached hydrogen (secondary N) is 1. The highest BCUT2D eigenvalue weighted by Crippen LogP contribution is 2.09. The average Bonchev–Trinajstić information content (AvgIpc) is 2.61. The zero-order valence-electron chi connectivity index (χ0n) is 7.98. The fourth-order valence-corrected chi connectivity index (χ4v) is 1.73. The number of hydrogen-bond donors (Lipinski definition) is 1. The van der Waals surface area contributed by atoms with Crippen LogP contribution in [0.1, 0.15) is 12.1 Å². The van der Waals surface area contributed by atoms with Gasteiger partial charge in [-0.15, -0.1) is 0 Å². The molecule has 0 radical (unpaired) electrons. The van der Waals surface area contributed by atoms with Gasteiger partial charge in [0.1, 0.15) is 6.04 Å². The zero-order valence-corrected chi connectivity index (χ0v) is 9.57. The monoisotopic (exact) mass is 267 g/mol. The molecule has 1 aliphatic rings. The molecule has 0 aliphatic carbocycles. The molecule has 0 aromatic carbocycles. The highest BCUT2D eigenvalue weighted by atomic mass is 79.9. The van der Waals surface area contributed by atoms with Gasteiger partial charge in [0, 0.05) is 23.4 Å². The summed E-state index contributed by atoms with van der Waals surface area (Å²) >= 11 is 3.35. The first-order valence-corrected chi connectivity index (χ1v) is 5.47. The van der Waals surface area contributed by atoms with Crippen molar-refractivity contribution >= 4 is 28.1 Å². The number of rotatable bonds is 2. The molecule has 5 heteroatoms. The number of carbonyl (C=O) groups is 1. The fraction of sp³-hybridized carbons (Fsp3) is 0.300. The fourth-order valence-electron chi connectivity index (χ4n) is 1.38. The molecule has 0 spiro atoms. The van der Waals surface area contributed by atoms with Crippen LogP contribution in [0, 0.1) is 0 Å². The first-order chi connectivity index (χ1) is 7.25. The van der Waals surface area contributed by atoms with Crippen molar-refractivity contribution in [2.45, 2.75) is 12.5 Å². The van der Waals surface area contributed by atoms with Gasteiger partial charge in [-0.2, -0.15) is 0 Å². The number of hydrogen-bond acceptors (Lipinski definition) is 3. The number of carbonyl (C=O) groups excluding carboxylic acids is 1. The highest BCUT2D eigenvalue weighted by Gasteiger charge is 2.22. The predicted octanol–water partition coefficient (Wildman–Crippen LogP) is 1.15. The molecule has 1 fully saturated rings. The van der Waals surface area contributed by atoms with Crippen molar-refractivity contribution in [3.05, 3.63) is 28.5 Å². The second-order valence-electron chi connectivity index (χ2n) is 3.27. The number of aliphatic imine (C=N–C) groups is 1. The van der Waals surface area contributed by atoms with E-state index in [0.717, 1.165) is 16.6 Å². The second kappa shape index (κ2) is 4.53. The number of nitrogens with zero attached hydrogens (tertiary/aromatic N) is 2. The van der Waals surface area contributed by atoms with Gasteiger partial charge in [0.25, 0.3) is 0 Å². The van der Waals surface area contributed by atoms with Crippen LogP contribution in [0.2, 0.25) is 0 Å². The molecule has 0 saturated carbocycles. The Balaban J connectivity index is 2.08. The van der Waals surface area contributed by atoms with E-state index >= 15 is 0 Å². The van der Waals surface area contributed by atoms with Crippen LogP contribution in [0.4, 0.5) is 0 Å². The third-order valence-electron chi connectivity index (χ3n) is 2.15. The molecule has 1 aliphatic heterocycles. The van der Waals surface area contributed by atoms with Gasteiger partial charge in [0.15, 0.2) is 0 Å². The van der Waals surface area contributed by atoms with Crippen molar-refractivity contribution in [1.82, 2.24) is 10.3 Å². The topological polar surface area (TPSA) is 54.4 Å². The molecule has 15 heavy (non-hydrogen) atoms. The molecule has 0 bridgehead atoms. The van der Waals surface area contributed by atoms with E-state index in [1.165, 1.54) is 0 Å². The largest absolute Gasteiger partial charge is 0.354 e. The summed E-state index contributed by atoms with van der Waals surface area (Å²) in [5.74, 6) is 0.00115. The molecule has 2 rings (SSSR count). The van der Waals surface area contributed by atoms with E-state index in [1.807, 2.05) is 12.1 Å². The Labute approximate surface area is 95.9 Å². The van der Waals surface area contributed by atoms with Crippen molar-refractivity contribution < 1.29 is 4.79 Å². The van der Waals surface area contributed by atoms with Crippen molar-refractivity contribution in [3.63, 3.8) is 0 Å². The van der Waals surface area contributed by atoms with E-state index in [-0.39, 0.29) is 11.9 Å². The maximum Gasteiger partial charge on any atom is 0.244 e. The smallest absolute Gasteiger partial charge is 0.244 e. The Morgan fingerprint density at radius 2 is 2.53 bits per heavy atom. The SMILES string of the molecule is O=C1NCCC1N=Cc1cc(Br)ccn1. The van der Waals surface area contributed by atoms with Crippen LogP contribution in [-0.2, 0) is 4.79 Å². The molecule has 1 N–H and O–H groups in total. The third-order valence-corrected chi connectivity index (χ3v) is 2.64. The third kappa shape index (κ3) is 2.62. The van der Waals surface area contributed by atoms with Gasteiger partial charge in [-0.1, -0.05) is 15.9 Å². The average molecular weight is 268 g/mol. The Bertz CT molecular complexity index is 405. The Morgan fingerprint density at radius 3 is 3.20 bits per heavy atom. The lowest BCUT2D eigenvalue weighted by atomic mass is 10.2. The highest BCUT2D eigenvalue weighted by molar-refractivity contribution is 9.10. The van der Waals surface area contributed by atoms with Crippen LogP contribution in [0.5, 0.6) is 0 Å². The quantitative estimate of drug-likeness (QED) is 0.818. The van der Waals surface area contributed by atoms with E-state index in [9.17, 15) is 4.79 Å². The normalized spacial score (nSPS) is 20.9. The number of aromatic nitrogens is 1. The van der Waals surface area contributed by atoms with Crippen molar-refractivity contribution in [2.24, 2.45) is 4.99 Å². The number of halogens is 1. The van der Waals surface area contributed by atoms with E-state index in [4.69, 9.17) is 0 Å². The molecule has 1 atom stereocenters.